The molecule has 0 spiro atoms. The summed E-state index contributed by atoms with van der Waals surface area (Å²) < 4.78 is 1.99. The molecule has 1 aromatic heterocycles. The SMILES string of the molecule is CC(O)CCCNCc1cnn(C(C)(C)C)c1. The highest BCUT2D eigenvalue weighted by Crippen LogP contribution is 2.12. The van der Waals surface area contributed by atoms with E-state index in [2.05, 4.69) is 37.4 Å². The second-order valence-electron chi connectivity index (χ2n) is 5.63. The molecule has 0 bridgehead atoms. The number of nitrogens with one attached hydrogen (secondary N) is 1. The fourth-order valence-corrected chi connectivity index (χ4v) is 1.57. The van der Waals surface area contributed by atoms with E-state index in [9.17, 15) is 0 Å². The van der Waals surface area contributed by atoms with Crippen molar-refractivity contribution in [2.75, 3.05) is 6.54 Å². The minimum Gasteiger partial charge on any atom is -0.393 e. The molecule has 1 heterocycles. The van der Waals surface area contributed by atoms with Crippen LogP contribution in [0.4, 0.5) is 0 Å². The van der Waals surface area contributed by atoms with Crippen LogP contribution in [0.15, 0.2) is 12.4 Å². The van der Waals surface area contributed by atoms with Gasteiger partial charge in [-0.05, 0) is 47.1 Å². The van der Waals surface area contributed by atoms with Crippen LogP contribution < -0.4 is 5.32 Å². The van der Waals surface area contributed by atoms with Gasteiger partial charge in [0, 0.05) is 18.3 Å². The Kier molecular flexibility index (Phi) is 5.15. The summed E-state index contributed by atoms with van der Waals surface area (Å²) in [4.78, 5) is 0. The predicted molar refractivity (Wildman–Crippen MR) is 69.8 cm³/mol. The number of aliphatic hydroxyl groups is 1. The first-order chi connectivity index (χ1) is 7.89. The van der Waals surface area contributed by atoms with Crippen LogP contribution in [0, 0.1) is 0 Å². The molecule has 0 aliphatic heterocycles. The second-order valence-corrected chi connectivity index (χ2v) is 5.63. The van der Waals surface area contributed by atoms with Crippen molar-refractivity contribution < 1.29 is 5.11 Å². The van der Waals surface area contributed by atoms with Gasteiger partial charge in [-0.15, -0.1) is 0 Å². The lowest BCUT2D eigenvalue weighted by molar-refractivity contribution is 0.181. The fourth-order valence-electron chi connectivity index (χ4n) is 1.57. The van der Waals surface area contributed by atoms with Gasteiger partial charge in [-0.25, -0.2) is 0 Å². The maximum absolute atomic E-state index is 9.12. The number of rotatable bonds is 6. The zero-order chi connectivity index (χ0) is 12.9. The van der Waals surface area contributed by atoms with E-state index >= 15 is 0 Å². The number of aromatic nitrogens is 2. The van der Waals surface area contributed by atoms with Crippen LogP contribution in [0.2, 0.25) is 0 Å². The topological polar surface area (TPSA) is 50.1 Å². The summed E-state index contributed by atoms with van der Waals surface area (Å²) in [5, 5.41) is 16.8. The van der Waals surface area contributed by atoms with Crippen LogP contribution in [0.3, 0.4) is 0 Å². The molecule has 0 fully saturated rings. The molecule has 1 rings (SSSR count). The van der Waals surface area contributed by atoms with Crippen molar-refractivity contribution in [2.24, 2.45) is 0 Å². The highest BCUT2D eigenvalue weighted by Gasteiger charge is 2.13. The first-order valence-corrected chi connectivity index (χ1v) is 6.32. The Morgan fingerprint density at radius 3 is 2.71 bits per heavy atom. The van der Waals surface area contributed by atoms with Crippen molar-refractivity contribution >= 4 is 0 Å². The van der Waals surface area contributed by atoms with Gasteiger partial charge in [0.1, 0.15) is 0 Å². The van der Waals surface area contributed by atoms with Crippen LogP contribution in [0.5, 0.6) is 0 Å². The first kappa shape index (κ1) is 14.2. The lowest BCUT2D eigenvalue weighted by atomic mass is 10.1. The molecule has 4 heteroatoms. The third-order valence-corrected chi connectivity index (χ3v) is 2.63. The summed E-state index contributed by atoms with van der Waals surface area (Å²) in [5.41, 5.74) is 1.25. The van der Waals surface area contributed by atoms with E-state index in [1.54, 1.807) is 0 Å². The quantitative estimate of drug-likeness (QED) is 0.745. The van der Waals surface area contributed by atoms with Gasteiger partial charge in [0.2, 0.25) is 0 Å². The summed E-state index contributed by atoms with van der Waals surface area (Å²) in [5.74, 6) is 0. The van der Waals surface area contributed by atoms with E-state index in [1.165, 1.54) is 5.56 Å². The standard InChI is InChI=1S/C13H25N3O/c1-11(17)6-5-7-14-8-12-9-15-16(10-12)13(2,3)4/h9-11,14,17H,5-8H2,1-4H3. The Hall–Kier alpha value is -0.870. The average molecular weight is 239 g/mol. The van der Waals surface area contributed by atoms with Gasteiger partial charge in [0.05, 0.1) is 17.8 Å². The molecular weight excluding hydrogens is 214 g/mol. The highest BCUT2D eigenvalue weighted by atomic mass is 16.3. The normalized spacial score (nSPS) is 13.9. The third-order valence-electron chi connectivity index (χ3n) is 2.63. The van der Waals surface area contributed by atoms with Crippen LogP contribution in [-0.2, 0) is 12.1 Å². The molecule has 1 unspecified atom stereocenters. The van der Waals surface area contributed by atoms with E-state index < -0.39 is 0 Å². The summed E-state index contributed by atoms with van der Waals surface area (Å²) in [6.45, 7) is 10.0. The Bertz CT molecular complexity index is 326. The number of aliphatic hydroxyl groups excluding tert-OH is 1. The summed E-state index contributed by atoms with van der Waals surface area (Å²) in [6, 6.07) is 0. The van der Waals surface area contributed by atoms with Crippen molar-refractivity contribution in [3.63, 3.8) is 0 Å². The Labute approximate surface area is 104 Å². The van der Waals surface area contributed by atoms with Crippen molar-refractivity contribution in [1.82, 2.24) is 15.1 Å². The third kappa shape index (κ3) is 5.33. The lowest BCUT2D eigenvalue weighted by Gasteiger charge is -2.18. The Morgan fingerprint density at radius 2 is 2.18 bits per heavy atom. The van der Waals surface area contributed by atoms with Crippen molar-refractivity contribution in [3.05, 3.63) is 18.0 Å². The fraction of sp³-hybridized carbons (Fsp3) is 0.769. The van der Waals surface area contributed by atoms with Crippen LogP contribution in [0.1, 0.15) is 46.1 Å². The summed E-state index contributed by atoms with van der Waals surface area (Å²) in [7, 11) is 0. The van der Waals surface area contributed by atoms with E-state index in [0.29, 0.717) is 0 Å². The molecule has 0 radical (unpaired) electrons. The molecule has 17 heavy (non-hydrogen) atoms. The van der Waals surface area contributed by atoms with Gasteiger partial charge >= 0.3 is 0 Å². The van der Waals surface area contributed by atoms with Crippen molar-refractivity contribution in [2.45, 2.75) is 58.7 Å². The monoisotopic (exact) mass is 239 g/mol. The van der Waals surface area contributed by atoms with Crippen LogP contribution >= 0.6 is 0 Å². The smallest absolute Gasteiger partial charge is 0.0543 e. The van der Waals surface area contributed by atoms with Gasteiger partial charge in [-0.2, -0.15) is 5.10 Å². The Balaban J connectivity index is 2.26. The highest BCUT2D eigenvalue weighted by molar-refractivity contribution is 5.04. The second kappa shape index (κ2) is 6.17. The number of hydrogen-bond donors (Lipinski definition) is 2. The molecule has 2 N–H and O–H groups in total. The van der Waals surface area contributed by atoms with Crippen LogP contribution in [0.25, 0.3) is 0 Å². The Morgan fingerprint density at radius 1 is 1.47 bits per heavy atom. The molecule has 1 aromatic rings. The molecule has 0 aliphatic carbocycles. The minimum absolute atomic E-state index is 0.0462. The van der Waals surface area contributed by atoms with Gasteiger partial charge < -0.3 is 10.4 Å². The van der Waals surface area contributed by atoms with E-state index in [1.807, 2.05) is 17.8 Å². The molecule has 0 amide bonds. The van der Waals surface area contributed by atoms with Crippen LogP contribution in [-0.4, -0.2) is 27.5 Å². The number of hydrogen-bond acceptors (Lipinski definition) is 3. The zero-order valence-corrected chi connectivity index (χ0v) is 11.4. The number of nitrogens with zero attached hydrogens (tertiary/aromatic N) is 2. The van der Waals surface area contributed by atoms with Gasteiger partial charge in [-0.1, -0.05) is 0 Å². The van der Waals surface area contributed by atoms with E-state index in [-0.39, 0.29) is 11.6 Å². The molecule has 4 nitrogen and oxygen atoms in total. The largest absolute Gasteiger partial charge is 0.393 e. The first-order valence-electron chi connectivity index (χ1n) is 6.32. The summed E-state index contributed by atoms with van der Waals surface area (Å²) in [6.07, 6.45) is 5.66. The van der Waals surface area contributed by atoms with Gasteiger partial charge in [0.25, 0.3) is 0 Å². The molecule has 98 valence electrons. The van der Waals surface area contributed by atoms with E-state index in [4.69, 9.17) is 5.11 Å². The lowest BCUT2D eigenvalue weighted by Crippen LogP contribution is -2.22. The zero-order valence-electron chi connectivity index (χ0n) is 11.4. The molecular formula is C13H25N3O. The summed E-state index contributed by atoms with van der Waals surface area (Å²) >= 11 is 0. The molecule has 0 saturated carbocycles. The molecule has 0 aliphatic rings. The predicted octanol–water partition coefficient (Wildman–Crippen LogP) is 1.89. The maximum atomic E-state index is 9.12. The maximum Gasteiger partial charge on any atom is 0.0543 e. The van der Waals surface area contributed by atoms with Crippen molar-refractivity contribution in [1.29, 1.82) is 0 Å². The molecule has 0 saturated heterocycles. The van der Waals surface area contributed by atoms with Crippen molar-refractivity contribution in [3.8, 4) is 0 Å². The van der Waals surface area contributed by atoms with E-state index in [0.717, 1.165) is 25.9 Å². The van der Waals surface area contributed by atoms with Gasteiger partial charge in [0.15, 0.2) is 0 Å². The molecule has 0 aromatic carbocycles. The molecule has 1 atom stereocenters. The van der Waals surface area contributed by atoms with Gasteiger partial charge in [-0.3, -0.25) is 4.68 Å². The average Bonchev–Trinajstić information content (AvgIpc) is 2.64. The minimum atomic E-state index is -0.194.